The third kappa shape index (κ3) is 1.59. The van der Waals surface area contributed by atoms with Crippen LogP contribution in [-0.2, 0) is 21.4 Å². The van der Waals surface area contributed by atoms with Gasteiger partial charge in [-0.3, -0.25) is 4.68 Å². The predicted octanol–water partition coefficient (Wildman–Crippen LogP) is -0.690. The van der Waals surface area contributed by atoms with E-state index in [2.05, 4.69) is 9.84 Å². The smallest absolute Gasteiger partial charge is 0.333 e. The lowest BCUT2D eigenvalue weighted by molar-refractivity contribution is -0.160. The largest absolute Gasteiger partial charge is 0.390 e. The number of hydrogen-bond acceptors (Lipinski definition) is 5. The van der Waals surface area contributed by atoms with Gasteiger partial charge in [0.2, 0.25) is 0 Å². The summed E-state index contributed by atoms with van der Waals surface area (Å²) in [5, 5.41) is 3.95. The van der Waals surface area contributed by atoms with E-state index in [0.29, 0.717) is 0 Å². The van der Waals surface area contributed by atoms with Crippen LogP contribution >= 0.6 is 0 Å². The normalized spacial score (nSPS) is 17.1. The number of esters is 2. The van der Waals surface area contributed by atoms with Crippen molar-refractivity contribution in [2.75, 3.05) is 18.0 Å². The molecule has 74 valence electrons. The molecular weight excluding hydrogens is 186 g/mol. The molecule has 0 atom stereocenters. The van der Waals surface area contributed by atoms with Crippen molar-refractivity contribution >= 4 is 17.6 Å². The summed E-state index contributed by atoms with van der Waals surface area (Å²) in [4.78, 5) is 23.5. The number of aryl methyl sites for hydroxylation is 1. The van der Waals surface area contributed by atoms with Gasteiger partial charge in [0.15, 0.2) is 0 Å². The summed E-state index contributed by atoms with van der Waals surface area (Å²) in [7, 11) is 1.77. The van der Waals surface area contributed by atoms with E-state index >= 15 is 0 Å². The first kappa shape index (κ1) is 8.74. The quantitative estimate of drug-likeness (QED) is 0.438. The van der Waals surface area contributed by atoms with E-state index in [4.69, 9.17) is 0 Å². The highest BCUT2D eigenvalue weighted by Gasteiger charge is 2.25. The number of hydrogen-bond donors (Lipinski definition) is 0. The van der Waals surface area contributed by atoms with E-state index in [1.807, 2.05) is 0 Å². The van der Waals surface area contributed by atoms with Gasteiger partial charge in [0.1, 0.15) is 13.1 Å². The molecule has 0 N–H and O–H groups in total. The molecule has 0 radical (unpaired) electrons. The Kier molecular flexibility index (Phi) is 1.95. The van der Waals surface area contributed by atoms with Crippen molar-refractivity contribution in [3.05, 3.63) is 12.4 Å². The summed E-state index contributed by atoms with van der Waals surface area (Å²) in [5.74, 6) is -1.05. The number of carbonyl (C=O) groups is 2. The van der Waals surface area contributed by atoms with Crippen LogP contribution in [0.4, 0.5) is 5.69 Å². The van der Waals surface area contributed by atoms with E-state index in [0.717, 1.165) is 5.69 Å². The monoisotopic (exact) mass is 195 g/mol. The first-order valence-electron chi connectivity index (χ1n) is 4.12. The van der Waals surface area contributed by atoms with Crippen molar-refractivity contribution < 1.29 is 14.3 Å². The molecule has 14 heavy (non-hydrogen) atoms. The van der Waals surface area contributed by atoms with Crippen LogP contribution in [0.1, 0.15) is 0 Å². The van der Waals surface area contributed by atoms with E-state index in [1.165, 1.54) is 0 Å². The van der Waals surface area contributed by atoms with Crippen molar-refractivity contribution in [2.45, 2.75) is 0 Å². The van der Waals surface area contributed by atoms with Gasteiger partial charge in [-0.05, 0) is 0 Å². The lowest BCUT2D eigenvalue weighted by Gasteiger charge is -2.24. The fourth-order valence-corrected chi connectivity index (χ4v) is 1.31. The van der Waals surface area contributed by atoms with Crippen molar-refractivity contribution in [1.29, 1.82) is 0 Å². The maximum Gasteiger partial charge on any atom is 0.333 e. The Morgan fingerprint density at radius 2 is 2.00 bits per heavy atom. The third-order valence-corrected chi connectivity index (χ3v) is 1.92. The van der Waals surface area contributed by atoms with Gasteiger partial charge in [0.25, 0.3) is 0 Å². The zero-order valence-corrected chi connectivity index (χ0v) is 7.64. The zero-order chi connectivity index (χ0) is 10.1. The number of morpholine rings is 1. The molecule has 1 saturated heterocycles. The summed E-state index contributed by atoms with van der Waals surface area (Å²) in [6.07, 6.45) is 3.34. The second-order valence-electron chi connectivity index (χ2n) is 3.07. The van der Waals surface area contributed by atoms with Gasteiger partial charge < -0.3 is 9.64 Å². The molecule has 1 aromatic rings. The summed E-state index contributed by atoms with van der Waals surface area (Å²) < 4.78 is 6.01. The van der Waals surface area contributed by atoms with Crippen molar-refractivity contribution in [2.24, 2.45) is 7.05 Å². The third-order valence-electron chi connectivity index (χ3n) is 1.92. The number of nitrogens with zero attached hydrogens (tertiary/aromatic N) is 3. The van der Waals surface area contributed by atoms with Crippen LogP contribution in [0.15, 0.2) is 12.4 Å². The molecule has 1 aromatic heterocycles. The van der Waals surface area contributed by atoms with Crippen LogP contribution in [0.3, 0.4) is 0 Å². The second kappa shape index (κ2) is 3.13. The Morgan fingerprint density at radius 1 is 1.36 bits per heavy atom. The van der Waals surface area contributed by atoms with E-state index in [-0.39, 0.29) is 13.1 Å². The van der Waals surface area contributed by atoms with E-state index in [1.54, 1.807) is 29.0 Å². The van der Waals surface area contributed by atoms with Gasteiger partial charge in [-0.1, -0.05) is 0 Å². The van der Waals surface area contributed by atoms with Gasteiger partial charge >= 0.3 is 11.9 Å². The maximum atomic E-state index is 11.0. The number of anilines is 1. The average molecular weight is 195 g/mol. The van der Waals surface area contributed by atoms with Crippen LogP contribution in [0.25, 0.3) is 0 Å². The molecule has 0 saturated carbocycles. The number of ether oxygens (including phenoxy) is 1. The Balaban J connectivity index is 2.18. The highest BCUT2D eigenvalue weighted by atomic mass is 16.6. The van der Waals surface area contributed by atoms with Gasteiger partial charge in [-0.2, -0.15) is 5.10 Å². The molecule has 1 aliphatic heterocycles. The molecular formula is C8H9N3O3. The predicted molar refractivity (Wildman–Crippen MR) is 46.5 cm³/mol. The minimum Gasteiger partial charge on any atom is -0.390 e. The molecule has 0 amide bonds. The Labute approximate surface area is 80.1 Å². The molecule has 0 unspecified atom stereocenters. The van der Waals surface area contributed by atoms with E-state index < -0.39 is 11.9 Å². The van der Waals surface area contributed by atoms with E-state index in [9.17, 15) is 9.59 Å². The highest BCUT2D eigenvalue weighted by molar-refractivity contribution is 5.94. The highest BCUT2D eigenvalue weighted by Crippen LogP contribution is 2.14. The molecule has 6 nitrogen and oxygen atoms in total. The van der Waals surface area contributed by atoms with Crippen LogP contribution in [0.5, 0.6) is 0 Å². The second-order valence-corrected chi connectivity index (χ2v) is 3.07. The summed E-state index contributed by atoms with van der Waals surface area (Å²) >= 11 is 0. The van der Waals surface area contributed by atoms with Gasteiger partial charge in [-0.15, -0.1) is 0 Å². The zero-order valence-electron chi connectivity index (χ0n) is 7.64. The summed E-state index contributed by atoms with van der Waals surface area (Å²) in [6, 6.07) is 0. The molecule has 0 aliphatic carbocycles. The maximum absolute atomic E-state index is 11.0. The number of carbonyl (C=O) groups excluding carboxylic acids is 2. The van der Waals surface area contributed by atoms with Crippen molar-refractivity contribution in [3.63, 3.8) is 0 Å². The van der Waals surface area contributed by atoms with Gasteiger partial charge in [0.05, 0.1) is 11.9 Å². The number of aromatic nitrogens is 2. The van der Waals surface area contributed by atoms with Crippen LogP contribution in [0, 0.1) is 0 Å². The van der Waals surface area contributed by atoms with Crippen molar-refractivity contribution in [1.82, 2.24) is 9.78 Å². The van der Waals surface area contributed by atoms with Gasteiger partial charge in [0, 0.05) is 13.2 Å². The first-order valence-corrected chi connectivity index (χ1v) is 4.12. The summed E-state index contributed by atoms with van der Waals surface area (Å²) in [6.45, 7) is 0.189. The molecule has 0 spiro atoms. The molecule has 2 heterocycles. The first-order chi connectivity index (χ1) is 6.65. The Morgan fingerprint density at radius 3 is 2.50 bits per heavy atom. The number of cyclic esters (lactones) is 2. The Hall–Kier alpha value is -1.85. The SMILES string of the molecule is Cn1cc(N2CC(=O)OC(=O)C2)cn1. The lowest BCUT2D eigenvalue weighted by Crippen LogP contribution is -2.42. The topological polar surface area (TPSA) is 64.4 Å². The molecule has 6 heteroatoms. The summed E-state index contributed by atoms with van der Waals surface area (Å²) in [5.41, 5.74) is 0.748. The lowest BCUT2D eigenvalue weighted by atomic mass is 10.3. The minimum absolute atomic E-state index is 0.0947. The van der Waals surface area contributed by atoms with Crippen LogP contribution in [0.2, 0.25) is 0 Å². The molecule has 1 aliphatic rings. The number of rotatable bonds is 1. The average Bonchev–Trinajstić information content (AvgIpc) is 2.50. The fraction of sp³-hybridized carbons (Fsp3) is 0.375. The Bertz CT molecular complexity index is 369. The fourth-order valence-electron chi connectivity index (χ4n) is 1.31. The van der Waals surface area contributed by atoms with Crippen LogP contribution < -0.4 is 4.90 Å². The van der Waals surface area contributed by atoms with Crippen molar-refractivity contribution in [3.8, 4) is 0 Å². The van der Waals surface area contributed by atoms with Crippen LogP contribution in [-0.4, -0.2) is 34.8 Å². The molecule has 2 rings (SSSR count). The molecule has 0 aromatic carbocycles. The van der Waals surface area contributed by atoms with Gasteiger partial charge in [-0.25, -0.2) is 9.59 Å². The minimum atomic E-state index is -0.523. The standard InChI is InChI=1S/C8H9N3O3/c1-10-3-6(2-9-10)11-4-7(12)14-8(13)5-11/h2-3H,4-5H2,1H3. The molecule has 0 bridgehead atoms. The molecule has 1 fully saturated rings.